The monoisotopic (exact) mass is 653 g/mol. The van der Waals surface area contributed by atoms with Gasteiger partial charge in [-0.25, -0.2) is 4.79 Å². The van der Waals surface area contributed by atoms with Crippen molar-refractivity contribution < 1.29 is 41.7 Å². The van der Waals surface area contributed by atoms with Gasteiger partial charge in [0.2, 0.25) is 18.0 Å². The van der Waals surface area contributed by atoms with Gasteiger partial charge in [-0.15, -0.1) is 11.8 Å². The molecule has 0 fully saturated rings. The van der Waals surface area contributed by atoms with E-state index in [9.17, 15) is 27.6 Å². The average molecular weight is 654 g/mol. The van der Waals surface area contributed by atoms with Crippen molar-refractivity contribution in [3.05, 3.63) is 92.4 Å². The molecule has 10 nitrogen and oxygen atoms in total. The van der Waals surface area contributed by atoms with Gasteiger partial charge in [0.25, 0.3) is 5.91 Å². The Balaban J connectivity index is 1.64. The highest BCUT2D eigenvalue weighted by atomic mass is 35.5. The number of carbonyl (C=O) groups excluding carboxylic acids is 2. The summed E-state index contributed by atoms with van der Waals surface area (Å²) in [6.07, 6.45) is -4.62. The minimum Gasteiger partial charge on any atom is -0.451 e. The Kier molecular flexibility index (Phi) is 9.32. The normalized spacial score (nSPS) is 16.8. The first-order chi connectivity index (χ1) is 21.0. The Labute approximate surface area is 259 Å². The van der Waals surface area contributed by atoms with Crippen LogP contribution in [0.3, 0.4) is 0 Å². The maximum absolute atomic E-state index is 14.1. The summed E-state index contributed by atoms with van der Waals surface area (Å²) in [7, 11) is 1.41. The molecule has 2 atom stereocenters. The van der Waals surface area contributed by atoms with Gasteiger partial charge >= 0.3 is 12.3 Å². The van der Waals surface area contributed by atoms with Crippen LogP contribution in [0.25, 0.3) is 0 Å². The van der Waals surface area contributed by atoms with Gasteiger partial charge in [-0.1, -0.05) is 41.9 Å². The number of aromatic nitrogens is 1. The fraction of sp³-hybridized carbons (Fsp3) is 0.345. The number of benzene rings is 2. The molecule has 0 spiro atoms. The Morgan fingerprint density at radius 2 is 1.86 bits per heavy atom. The fourth-order valence-corrected chi connectivity index (χ4v) is 6.40. The lowest BCUT2D eigenvalue weighted by Gasteiger charge is -2.46. The van der Waals surface area contributed by atoms with Crippen molar-refractivity contribution in [2.24, 2.45) is 0 Å². The lowest BCUT2D eigenvalue weighted by atomic mass is 9.94. The molecule has 2 aliphatic rings. The van der Waals surface area contributed by atoms with Gasteiger partial charge in [0.05, 0.1) is 6.61 Å². The van der Waals surface area contributed by atoms with Gasteiger partial charge in [0.15, 0.2) is 5.69 Å². The Morgan fingerprint density at radius 1 is 1.09 bits per heavy atom. The first-order valence-electron chi connectivity index (χ1n) is 13.3. The van der Waals surface area contributed by atoms with Gasteiger partial charge in [-0.05, 0) is 30.2 Å². The Hall–Kier alpha value is -3.88. The summed E-state index contributed by atoms with van der Waals surface area (Å²) in [5.74, 6) is -1.15. The second-order valence-electron chi connectivity index (χ2n) is 9.82. The van der Waals surface area contributed by atoms with Crippen LogP contribution in [-0.2, 0) is 20.0 Å². The summed E-state index contributed by atoms with van der Waals surface area (Å²) < 4.78 is 63.6. The molecular formula is C29H27ClF3N3O7S. The zero-order chi connectivity index (χ0) is 31.6. The van der Waals surface area contributed by atoms with Gasteiger partial charge in [-0.2, -0.15) is 13.2 Å². The van der Waals surface area contributed by atoms with Crippen LogP contribution in [0.1, 0.15) is 40.1 Å². The number of pyridine rings is 1. The van der Waals surface area contributed by atoms with E-state index in [1.165, 1.54) is 18.0 Å². The molecule has 3 aromatic rings. The standard InChI is InChI=1S/C29H27ClF3N3O7S/c1-17(29(31,32)33)34-15-36(24-19-7-3-4-9-22(19)44-14-18-6-5-8-20(30)23(18)24)35-11-10-21(37)26(25(35)27(34)38)42-16-43-28(39)41-13-12-40-2/h3-11,17,24H,12-16H2,1-2H3/t17-,24-/m1/s1. The van der Waals surface area contributed by atoms with Crippen molar-refractivity contribution in [1.29, 1.82) is 0 Å². The predicted molar refractivity (Wildman–Crippen MR) is 155 cm³/mol. The van der Waals surface area contributed by atoms with E-state index in [-0.39, 0.29) is 13.2 Å². The van der Waals surface area contributed by atoms with E-state index in [4.69, 9.17) is 30.5 Å². The average Bonchev–Trinajstić information content (AvgIpc) is 3.16. The van der Waals surface area contributed by atoms with Crippen molar-refractivity contribution in [3.63, 3.8) is 0 Å². The number of amides is 1. The van der Waals surface area contributed by atoms with Crippen molar-refractivity contribution in [2.75, 3.05) is 38.8 Å². The number of fused-ring (bicyclic) bond motifs is 3. The number of methoxy groups -OCH3 is 1. The van der Waals surface area contributed by atoms with E-state index in [1.807, 2.05) is 30.3 Å². The van der Waals surface area contributed by atoms with Crippen LogP contribution in [0, 0.1) is 0 Å². The number of carbonyl (C=O) groups is 2. The third-order valence-electron chi connectivity index (χ3n) is 7.21. The lowest BCUT2D eigenvalue weighted by molar-refractivity contribution is -0.173. The topological polar surface area (TPSA) is 99.5 Å². The predicted octanol–water partition coefficient (Wildman–Crippen LogP) is 5.34. The van der Waals surface area contributed by atoms with E-state index in [1.54, 1.807) is 28.9 Å². The highest BCUT2D eigenvalue weighted by Gasteiger charge is 2.48. The highest BCUT2D eigenvalue weighted by molar-refractivity contribution is 7.98. The molecule has 0 saturated carbocycles. The maximum Gasteiger partial charge on any atom is 0.511 e. The molecule has 15 heteroatoms. The minimum absolute atomic E-state index is 0.108. The molecule has 0 saturated heterocycles. The number of thioether (sulfide) groups is 1. The second kappa shape index (κ2) is 13.0. The summed E-state index contributed by atoms with van der Waals surface area (Å²) in [5, 5.41) is 1.93. The van der Waals surface area contributed by atoms with E-state index >= 15 is 0 Å². The van der Waals surface area contributed by atoms with Crippen LogP contribution in [0.2, 0.25) is 5.02 Å². The molecule has 1 amide bonds. The largest absolute Gasteiger partial charge is 0.511 e. The van der Waals surface area contributed by atoms with Crippen molar-refractivity contribution in [2.45, 2.75) is 35.8 Å². The number of halogens is 4. The van der Waals surface area contributed by atoms with Crippen LogP contribution in [0.5, 0.6) is 5.75 Å². The van der Waals surface area contributed by atoms with Gasteiger partial charge in [0, 0.05) is 40.6 Å². The zero-order valence-corrected chi connectivity index (χ0v) is 25.1. The number of nitrogens with zero attached hydrogens (tertiary/aromatic N) is 3. The van der Waals surface area contributed by atoms with Crippen LogP contribution < -0.4 is 15.2 Å². The van der Waals surface area contributed by atoms with Gasteiger partial charge < -0.3 is 23.8 Å². The van der Waals surface area contributed by atoms with Crippen LogP contribution in [0.15, 0.2) is 64.4 Å². The number of alkyl halides is 3. The Morgan fingerprint density at radius 3 is 2.61 bits per heavy atom. The van der Waals surface area contributed by atoms with Crippen molar-refractivity contribution in [1.82, 2.24) is 9.58 Å². The molecule has 44 heavy (non-hydrogen) atoms. The quantitative estimate of drug-likeness (QED) is 0.181. The zero-order valence-electron chi connectivity index (χ0n) is 23.5. The third-order valence-corrected chi connectivity index (χ3v) is 8.68. The smallest absolute Gasteiger partial charge is 0.451 e. The molecular weight excluding hydrogens is 627 g/mol. The molecule has 0 radical (unpaired) electrons. The molecule has 2 aliphatic heterocycles. The number of rotatable bonds is 8. The molecule has 0 aliphatic carbocycles. The number of hydrogen-bond donors (Lipinski definition) is 0. The maximum atomic E-state index is 14.1. The summed E-state index contributed by atoms with van der Waals surface area (Å²) in [6, 6.07) is 10.9. The summed E-state index contributed by atoms with van der Waals surface area (Å²) in [5.41, 5.74) is 0.967. The first kappa shape index (κ1) is 31.5. The van der Waals surface area contributed by atoms with Gasteiger partial charge in [0.1, 0.15) is 25.4 Å². The van der Waals surface area contributed by atoms with Crippen molar-refractivity contribution >= 4 is 35.4 Å². The number of hydrogen-bond acceptors (Lipinski definition) is 9. The first-order valence-corrected chi connectivity index (χ1v) is 14.7. The summed E-state index contributed by atoms with van der Waals surface area (Å²) >= 11 is 8.32. The molecule has 3 heterocycles. The van der Waals surface area contributed by atoms with E-state index < -0.39 is 60.7 Å². The molecule has 0 bridgehead atoms. The SMILES string of the molecule is COCCOC(=O)OCOc1c2n(ccc1=O)N([C@@H]1c3ccccc3SCc3cccc(Cl)c31)CN([C@H](C)C(F)(F)F)C2=O. The van der Waals surface area contributed by atoms with Crippen LogP contribution >= 0.6 is 23.4 Å². The molecule has 2 aromatic carbocycles. The molecule has 234 valence electrons. The molecule has 1 aromatic heterocycles. The van der Waals surface area contributed by atoms with Crippen LogP contribution in [0.4, 0.5) is 18.0 Å². The van der Waals surface area contributed by atoms with Crippen molar-refractivity contribution in [3.8, 4) is 5.75 Å². The third kappa shape index (κ3) is 6.19. The molecule has 0 N–H and O–H groups in total. The van der Waals surface area contributed by atoms with E-state index in [2.05, 4.69) is 0 Å². The van der Waals surface area contributed by atoms with E-state index in [0.29, 0.717) is 21.2 Å². The highest BCUT2D eigenvalue weighted by Crippen LogP contribution is 2.45. The second-order valence-corrected chi connectivity index (χ2v) is 11.2. The van der Waals surface area contributed by atoms with E-state index in [0.717, 1.165) is 29.0 Å². The van der Waals surface area contributed by atoms with Crippen LogP contribution in [-0.4, -0.2) is 67.6 Å². The van der Waals surface area contributed by atoms with Gasteiger partial charge in [-0.3, -0.25) is 19.3 Å². The summed E-state index contributed by atoms with van der Waals surface area (Å²) in [4.78, 5) is 40.2. The molecule has 5 rings (SSSR count). The lowest BCUT2D eigenvalue weighted by Crippen LogP contribution is -2.60. The fourth-order valence-electron chi connectivity index (χ4n) is 5.02. The Bertz CT molecular complexity index is 1620. The summed E-state index contributed by atoms with van der Waals surface area (Å²) in [6.45, 7) is -0.494. The number of ether oxygens (including phenoxy) is 4. The molecule has 0 unspecified atom stereocenters. The minimum atomic E-state index is -4.79.